The molecule has 4 nitrogen and oxygen atoms in total. The van der Waals surface area contributed by atoms with Crippen LogP contribution in [0, 0.1) is 6.92 Å². The van der Waals surface area contributed by atoms with E-state index < -0.39 is 0 Å². The zero-order chi connectivity index (χ0) is 11.5. The maximum atomic E-state index is 11.9. The van der Waals surface area contributed by atoms with Crippen LogP contribution in [0.2, 0.25) is 0 Å². The molecule has 1 saturated heterocycles. The van der Waals surface area contributed by atoms with Crippen molar-refractivity contribution < 1.29 is 4.79 Å². The van der Waals surface area contributed by atoms with Gasteiger partial charge in [0.15, 0.2) is 0 Å². The van der Waals surface area contributed by atoms with E-state index in [0.717, 1.165) is 24.5 Å². The van der Waals surface area contributed by atoms with E-state index in [1.54, 1.807) is 0 Å². The van der Waals surface area contributed by atoms with Crippen molar-refractivity contribution in [1.29, 1.82) is 0 Å². The predicted molar refractivity (Wildman–Crippen MR) is 61.9 cm³/mol. The molecule has 4 heteroatoms. The number of hydrogen-bond acceptors (Lipinski definition) is 3. The lowest BCUT2D eigenvalue weighted by atomic mass is 10.2. The van der Waals surface area contributed by atoms with Gasteiger partial charge in [0.2, 0.25) is 5.91 Å². The molecule has 1 aromatic heterocycles. The lowest BCUT2D eigenvalue weighted by Crippen LogP contribution is -2.53. The van der Waals surface area contributed by atoms with Gasteiger partial charge in [0.05, 0.1) is 18.3 Å². The van der Waals surface area contributed by atoms with Gasteiger partial charge in [0.25, 0.3) is 0 Å². The lowest BCUT2D eigenvalue weighted by molar-refractivity contribution is -0.135. The molecule has 1 aliphatic heterocycles. The fourth-order valence-electron chi connectivity index (χ4n) is 1.93. The Kier molecular flexibility index (Phi) is 3.19. The molecule has 1 amide bonds. The van der Waals surface area contributed by atoms with Gasteiger partial charge in [0.1, 0.15) is 0 Å². The molecule has 0 aliphatic carbocycles. The fraction of sp³-hybridized carbons (Fsp3) is 0.500. The standard InChI is InChI=1S/C12H17N3O/c1-9-4-3-5-11(14-9)8-15-7-6-13-10(2)12(15)16/h3-5,10,13H,6-8H2,1-2H3. The Labute approximate surface area is 95.7 Å². The molecule has 1 aromatic rings. The number of carbonyl (C=O) groups is 1. The molecule has 2 rings (SSSR count). The molecule has 86 valence electrons. The molecule has 2 heterocycles. The number of rotatable bonds is 2. The third-order valence-corrected chi connectivity index (χ3v) is 2.81. The van der Waals surface area contributed by atoms with E-state index in [0.29, 0.717) is 6.54 Å². The van der Waals surface area contributed by atoms with Gasteiger partial charge in [-0.3, -0.25) is 9.78 Å². The summed E-state index contributed by atoms with van der Waals surface area (Å²) in [6.07, 6.45) is 0. The quantitative estimate of drug-likeness (QED) is 0.797. The van der Waals surface area contributed by atoms with E-state index in [9.17, 15) is 4.79 Å². The SMILES string of the molecule is Cc1cccc(CN2CCNC(C)C2=O)n1. The third-order valence-electron chi connectivity index (χ3n) is 2.81. The van der Waals surface area contributed by atoms with Crippen molar-refractivity contribution in [3.8, 4) is 0 Å². The van der Waals surface area contributed by atoms with Crippen LogP contribution in [0.5, 0.6) is 0 Å². The number of nitrogens with zero attached hydrogens (tertiary/aromatic N) is 2. The minimum atomic E-state index is -0.0708. The Morgan fingerprint density at radius 1 is 1.56 bits per heavy atom. The number of pyridine rings is 1. The Hall–Kier alpha value is -1.42. The summed E-state index contributed by atoms with van der Waals surface area (Å²) in [6, 6.07) is 5.84. The van der Waals surface area contributed by atoms with Crippen LogP contribution in [0.3, 0.4) is 0 Å². The Morgan fingerprint density at radius 3 is 3.12 bits per heavy atom. The minimum absolute atomic E-state index is 0.0708. The Bertz CT molecular complexity index is 392. The summed E-state index contributed by atoms with van der Waals surface area (Å²) in [4.78, 5) is 18.1. The number of aromatic nitrogens is 1. The second-order valence-electron chi connectivity index (χ2n) is 4.21. The fourth-order valence-corrected chi connectivity index (χ4v) is 1.93. The van der Waals surface area contributed by atoms with E-state index in [1.807, 2.05) is 36.9 Å². The van der Waals surface area contributed by atoms with Crippen LogP contribution >= 0.6 is 0 Å². The zero-order valence-electron chi connectivity index (χ0n) is 9.73. The number of hydrogen-bond donors (Lipinski definition) is 1. The molecule has 1 fully saturated rings. The van der Waals surface area contributed by atoms with Crippen LogP contribution in [0.15, 0.2) is 18.2 Å². The smallest absolute Gasteiger partial charge is 0.239 e. The highest BCUT2D eigenvalue weighted by atomic mass is 16.2. The first-order valence-corrected chi connectivity index (χ1v) is 5.61. The van der Waals surface area contributed by atoms with Crippen molar-refractivity contribution in [2.45, 2.75) is 26.4 Å². The van der Waals surface area contributed by atoms with Gasteiger partial charge in [0, 0.05) is 18.8 Å². The molecule has 0 bridgehead atoms. The molecule has 0 saturated carbocycles. The van der Waals surface area contributed by atoms with Crippen molar-refractivity contribution in [3.05, 3.63) is 29.6 Å². The van der Waals surface area contributed by atoms with Crippen LogP contribution < -0.4 is 5.32 Å². The summed E-state index contributed by atoms with van der Waals surface area (Å²) in [5.74, 6) is 0.162. The topological polar surface area (TPSA) is 45.2 Å². The maximum Gasteiger partial charge on any atom is 0.239 e. The monoisotopic (exact) mass is 219 g/mol. The van der Waals surface area contributed by atoms with E-state index in [1.165, 1.54) is 0 Å². The van der Waals surface area contributed by atoms with E-state index in [-0.39, 0.29) is 11.9 Å². The maximum absolute atomic E-state index is 11.9. The van der Waals surface area contributed by atoms with Crippen LogP contribution in [-0.4, -0.2) is 34.9 Å². The number of amides is 1. The highest BCUT2D eigenvalue weighted by Crippen LogP contribution is 2.07. The molecular weight excluding hydrogens is 202 g/mol. The summed E-state index contributed by atoms with van der Waals surface area (Å²) < 4.78 is 0. The van der Waals surface area contributed by atoms with E-state index >= 15 is 0 Å². The molecule has 1 aliphatic rings. The Morgan fingerprint density at radius 2 is 2.38 bits per heavy atom. The number of aryl methyl sites for hydroxylation is 1. The second-order valence-corrected chi connectivity index (χ2v) is 4.21. The largest absolute Gasteiger partial charge is 0.334 e. The molecule has 0 spiro atoms. The van der Waals surface area contributed by atoms with Gasteiger partial charge < -0.3 is 10.2 Å². The summed E-state index contributed by atoms with van der Waals surface area (Å²) in [5, 5.41) is 3.15. The summed E-state index contributed by atoms with van der Waals surface area (Å²) in [7, 11) is 0. The Balaban J connectivity index is 2.06. The van der Waals surface area contributed by atoms with Crippen LogP contribution in [-0.2, 0) is 11.3 Å². The predicted octanol–water partition coefficient (Wildman–Crippen LogP) is 0.710. The summed E-state index contributed by atoms with van der Waals surface area (Å²) >= 11 is 0. The minimum Gasteiger partial charge on any atom is -0.334 e. The highest BCUT2D eigenvalue weighted by molar-refractivity contribution is 5.82. The number of nitrogens with one attached hydrogen (secondary N) is 1. The van der Waals surface area contributed by atoms with Gasteiger partial charge in [-0.05, 0) is 26.0 Å². The molecule has 0 radical (unpaired) electrons. The molecule has 1 atom stereocenters. The second kappa shape index (κ2) is 4.61. The van der Waals surface area contributed by atoms with E-state index in [4.69, 9.17) is 0 Å². The number of carbonyl (C=O) groups excluding carboxylic acids is 1. The van der Waals surface area contributed by atoms with Crippen molar-refractivity contribution in [2.24, 2.45) is 0 Å². The normalized spacial score (nSPS) is 21.2. The average Bonchev–Trinajstić information content (AvgIpc) is 2.25. The van der Waals surface area contributed by atoms with Gasteiger partial charge in [-0.25, -0.2) is 0 Å². The zero-order valence-corrected chi connectivity index (χ0v) is 9.73. The molecule has 1 N–H and O–H groups in total. The van der Waals surface area contributed by atoms with Crippen LogP contribution in [0.1, 0.15) is 18.3 Å². The van der Waals surface area contributed by atoms with Crippen LogP contribution in [0.4, 0.5) is 0 Å². The number of piperazine rings is 1. The van der Waals surface area contributed by atoms with E-state index in [2.05, 4.69) is 10.3 Å². The molecular formula is C12H17N3O. The molecule has 0 aromatic carbocycles. The third kappa shape index (κ3) is 2.39. The van der Waals surface area contributed by atoms with Crippen molar-refractivity contribution in [2.75, 3.05) is 13.1 Å². The van der Waals surface area contributed by atoms with Gasteiger partial charge in [-0.2, -0.15) is 0 Å². The van der Waals surface area contributed by atoms with Crippen molar-refractivity contribution >= 4 is 5.91 Å². The van der Waals surface area contributed by atoms with Gasteiger partial charge in [-0.1, -0.05) is 6.07 Å². The first-order chi connectivity index (χ1) is 7.66. The van der Waals surface area contributed by atoms with Crippen molar-refractivity contribution in [1.82, 2.24) is 15.2 Å². The summed E-state index contributed by atoms with van der Waals surface area (Å²) in [5.41, 5.74) is 1.95. The van der Waals surface area contributed by atoms with Gasteiger partial charge in [-0.15, -0.1) is 0 Å². The van der Waals surface area contributed by atoms with Crippen molar-refractivity contribution in [3.63, 3.8) is 0 Å². The van der Waals surface area contributed by atoms with Gasteiger partial charge >= 0.3 is 0 Å². The average molecular weight is 219 g/mol. The molecule has 16 heavy (non-hydrogen) atoms. The first kappa shape index (κ1) is 11.1. The van der Waals surface area contributed by atoms with Crippen LogP contribution in [0.25, 0.3) is 0 Å². The highest BCUT2D eigenvalue weighted by Gasteiger charge is 2.24. The molecule has 1 unspecified atom stereocenters. The lowest BCUT2D eigenvalue weighted by Gasteiger charge is -2.31. The first-order valence-electron chi connectivity index (χ1n) is 5.61. The summed E-state index contributed by atoms with van der Waals surface area (Å²) in [6.45, 7) is 6.11.